The van der Waals surface area contributed by atoms with Gasteiger partial charge in [-0.05, 0) is 18.9 Å². The van der Waals surface area contributed by atoms with Gasteiger partial charge in [0.2, 0.25) is 0 Å². The number of morpholine rings is 1. The minimum Gasteiger partial charge on any atom is -0.461 e. The normalized spacial score (nSPS) is 18.5. The lowest BCUT2D eigenvalue weighted by Crippen LogP contribution is -2.43. The van der Waals surface area contributed by atoms with Gasteiger partial charge in [-0.2, -0.15) is 5.10 Å². The highest BCUT2D eigenvalue weighted by molar-refractivity contribution is 5.88. The van der Waals surface area contributed by atoms with Crippen LogP contribution in [-0.4, -0.2) is 53.5 Å². The van der Waals surface area contributed by atoms with Gasteiger partial charge in [-0.15, -0.1) is 0 Å². The Bertz CT molecular complexity index is 657. The third-order valence-corrected chi connectivity index (χ3v) is 4.12. The first kappa shape index (κ1) is 16.7. The second-order valence-electron chi connectivity index (χ2n) is 5.91. The molecular weight excluding hydrogens is 306 g/mol. The number of carbonyl (C=O) groups excluding carboxylic acids is 1. The molecule has 0 radical (unpaired) electrons. The van der Waals surface area contributed by atoms with Gasteiger partial charge < -0.3 is 9.47 Å². The van der Waals surface area contributed by atoms with E-state index in [1.165, 1.54) is 5.56 Å². The molecule has 6 heteroatoms. The zero-order valence-electron chi connectivity index (χ0n) is 13.9. The van der Waals surface area contributed by atoms with Crippen molar-refractivity contribution < 1.29 is 14.3 Å². The van der Waals surface area contributed by atoms with Crippen LogP contribution in [-0.2, 0) is 22.4 Å². The van der Waals surface area contributed by atoms with Crippen LogP contribution in [0.1, 0.15) is 28.5 Å². The number of esters is 1. The molecule has 0 spiro atoms. The largest absolute Gasteiger partial charge is 0.461 e. The number of aromatic nitrogens is 2. The lowest BCUT2D eigenvalue weighted by atomic mass is 10.1. The standard InChI is InChI=1S/C18H23N3O3/c1-2-23-18(22)17-15(11-19-20-17)12-21-8-9-24-16(13-21)10-14-6-4-3-5-7-14/h3-7,11,16H,2,8-10,12-13H2,1H3,(H,19,20)/t16-/m1/s1. The van der Waals surface area contributed by atoms with Crippen molar-refractivity contribution in [3.63, 3.8) is 0 Å². The molecule has 128 valence electrons. The molecule has 1 aliphatic rings. The van der Waals surface area contributed by atoms with Gasteiger partial charge in [0, 0.05) is 25.2 Å². The van der Waals surface area contributed by atoms with Crippen molar-refractivity contribution in [3.8, 4) is 0 Å². The summed E-state index contributed by atoms with van der Waals surface area (Å²) < 4.78 is 11.0. The van der Waals surface area contributed by atoms with E-state index in [1.807, 2.05) is 18.2 Å². The van der Waals surface area contributed by atoms with E-state index < -0.39 is 0 Å². The van der Waals surface area contributed by atoms with Crippen LogP contribution in [0.5, 0.6) is 0 Å². The molecule has 0 amide bonds. The third-order valence-electron chi connectivity index (χ3n) is 4.12. The van der Waals surface area contributed by atoms with E-state index in [0.29, 0.717) is 25.5 Å². The molecule has 0 aliphatic carbocycles. The number of ether oxygens (including phenoxy) is 2. The van der Waals surface area contributed by atoms with Gasteiger partial charge in [-0.3, -0.25) is 10.00 Å². The number of hydrogen-bond acceptors (Lipinski definition) is 5. The maximum atomic E-state index is 11.9. The molecule has 1 saturated heterocycles. The number of hydrogen-bond donors (Lipinski definition) is 1. The van der Waals surface area contributed by atoms with Crippen LogP contribution in [0, 0.1) is 0 Å². The quantitative estimate of drug-likeness (QED) is 0.822. The molecule has 1 aromatic heterocycles. The first-order valence-electron chi connectivity index (χ1n) is 8.33. The Labute approximate surface area is 141 Å². The summed E-state index contributed by atoms with van der Waals surface area (Å²) in [6.45, 7) is 5.20. The Hall–Kier alpha value is -2.18. The van der Waals surface area contributed by atoms with Gasteiger partial charge in [0.25, 0.3) is 0 Å². The Kier molecular flexibility index (Phi) is 5.61. The Morgan fingerprint density at radius 3 is 3.04 bits per heavy atom. The van der Waals surface area contributed by atoms with E-state index in [-0.39, 0.29) is 12.1 Å². The lowest BCUT2D eigenvalue weighted by molar-refractivity contribution is -0.0305. The SMILES string of the molecule is CCOC(=O)c1[nH]ncc1CN1CCO[C@H](Cc2ccccc2)C1. The minimum absolute atomic E-state index is 0.166. The summed E-state index contributed by atoms with van der Waals surface area (Å²) in [5, 5.41) is 6.74. The second-order valence-corrected chi connectivity index (χ2v) is 5.91. The van der Waals surface area contributed by atoms with Crippen LogP contribution in [0.2, 0.25) is 0 Å². The number of carbonyl (C=O) groups is 1. The molecule has 2 heterocycles. The smallest absolute Gasteiger partial charge is 0.356 e. The number of aromatic amines is 1. The molecule has 0 saturated carbocycles. The molecule has 1 aromatic carbocycles. The lowest BCUT2D eigenvalue weighted by Gasteiger charge is -2.32. The summed E-state index contributed by atoms with van der Waals surface area (Å²) in [5.41, 5.74) is 2.59. The summed E-state index contributed by atoms with van der Waals surface area (Å²) in [6, 6.07) is 10.4. The Balaban J connectivity index is 1.60. The topological polar surface area (TPSA) is 67.5 Å². The van der Waals surface area contributed by atoms with Crippen molar-refractivity contribution in [2.24, 2.45) is 0 Å². The van der Waals surface area contributed by atoms with Gasteiger partial charge in [0.15, 0.2) is 0 Å². The summed E-state index contributed by atoms with van der Waals surface area (Å²) >= 11 is 0. The fourth-order valence-corrected chi connectivity index (χ4v) is 2.98. The van der Waals surface area contributed by atoms with E-state index in [9.17, 15) is 4.79 Å². The molecule has 0 bridgehead atoms. The van der Waals surface area contributed by atoms with E-state index in [2.05, 4.69) is 27.2 Å². The first-order valence-corrected chi connectivity index (χ1v) is 8.33. The molecule has 1 atom stereocenters. The van der Waals surface area contributed by atoms with Crippen LogP contribution in [0.3, 0.4) is 0 Å². The van der Waals surface area contributed by atoms with Crippen LogP contribution >= 0.6 is 0 Å². The fraction of sp³-hybridized carbons (Fsp3) is 0.444. The molecule has 3 rings (SSSR count). The highest BCUT2D eigenvalue weighted by Crippen LogP contribution is 2.16. The monoisotopic (exact) mass is 329 g/mol. The number of rotatable bonds is 6. The second kappa shape index (κ2) is 8.08. The molecule has 0 unspecified atom stereocenters. The van der Waals surface area contributed by atoms with Gasteiger partial charge in [0.1, 0.15) is 5.69 Å². The number of nitrogens with zero attached hydrogens (tertiary/aromatic N) is 2. The average molecular weight is 329 g/mol. The van der Waals surface area contributed by atoms with Crippen LogP contribution in [0.25, 0.3) is 0 Å². The molecule has 1 fully saturated rings. The summed E-state index contributed by atoms with van der Waals surface area (Å²) in [7, 11) is 0. The third kappa shape index (κ3) is 4.21. The predicted octanol–water partition coefficient (Wildman–Crippen LogP) is 2.03. The summed E-state index contributed by atoms with van der Waals surface area (Å²) in [6.07, 6.45) is 2.76. The number of nitrogens with one attached hydrogen (secondary N) is 1. The zero-order chi connectivity index (χ0) is 16.8. The van der Waals surface area contributed by atoms with Crippen molar-refractivity contribution in [1.29, 1.82) is 0 Å². The van der Waals surface area contributed by atoms with Crippen molar-refractivity contribution in [2.75, 3.05) is 26.3 Å². The van der Waals surface area contributed by atoms with Gasteiger partial charge in [-0.25, -0.2) is 4.79 Å². The molecule has 24 heavy (non-hydrogen) atoms. The first-order chi connectivity index (χ1) is 11.8. The van der Waals surface area contributed by atoms with Crippen molar-refractivity contribution in [3.05, 3.63) is 53.3 Å². The van der Waals surface area contributed by atoms with E-state index in [1.54, 1.807) is 13.1 Å². The average Bonchev–Trinajstić information content (AvgIpc) is 3.04. The van der Waals surface area contributed by atoms with E-state index in [0.717, 1.165) is 25.1 Å². The van der Waals surface area contributed by atoms with Crippen LogP contribution < -0.4 is 0 Å². The molecular formula is C18H23N3O3. The van der Waals surface area contributed by atoms with Crippen molar-refractivity contribution >= 4 is 5.97 Å². The molecule has 2 aromatic rings. The number of H-pyrrole nitrogens is 1. The Morgan fingerprint density at radius 1 is 1.42 bits per heavy atom. The highest BCUT2D eigenvalue weighted by atomic mass is 16.5. The zero-order valence-corrected chi connectivity index (χ0v) is 13.9. The molecule has 6 nitrogen and oxygen atoms in total. The van der Waals surface area contributed by atoms with Crippen molar-refractivity contribution in [1.82, 2.24) is 15.1 Å². The minimum atomic E-state index is -0.348. The summed E-state index contributed by atoms with van der Waals surface area (Å²) in [5.74, 6) is -0.348. The fourth-order valence-electron chi connectivity index (χ4n) is 2.98. The molecule has 1 N–H and O–H groups in total. The predicted molar refractivity (Wildman–Crippen MR) is 89.7 cm³/mol. The van der Waals surface area contributed by atoms with Gasteiger partial charge in [0.05, 0.1) is 25.5 Å². The Morgan fingerprint density at radius 2 is 2.25 bits per heavy atom. The van der Waals surface area contributed by atoms with E-state index in [4.69, 9.17) is 9.47 Å². The van der Waals surface area contributed by atoms with Gasteiger partial charge >= 0.3 is 5.97 Å². The maximum absolute atomic E-state index is 11.9. The van der Waals surface area contributed by atoms with Crippen LogP contribution in [0.15, 0.2) is 36.5 Å². The summed E-state index contributed by atoms with van der Waals surface area (Å²) in [4.78, 5) is 14.2. The van der Waals surface area contributed by atoms with Gasteiger partial charge in [-0.1, -0.05) is 30.3 Å². The molecule has 1 aliphatic heterocycles. The van der Waals surface area contributed by atoms with Crippen molar-refractivity contribution in [2.45, 2.75) is 26.0 Å². The van der Waals surface area contributed by atoms with Crippen LogP contribution in [0.4, 0.5) is 0 Å². The highest BCUT2D eigenvalue weighted by Gasteiger charge is 2.23. The number of benzene rings is 1. The maximum Gasteiger partial charge on any atom is 0.356 e. The van der Waals surface area contributed by atoms with E-state index >= 15 is 0 Å².